The number of rotatable bonds is 4. The van der Waals surface area contributed by atoms with E-state index in [9.17, 15) is 8.78 Å². The number of nitrogens with one attached hydrogen (secondary N) is 1. The van der Waals surface area contributed by atoms with Gasteiger partial charge < -0.3 is 11.1 Å². The zero-order chi connectivity index (χ0) is 10.6. The summed E-state index contributed by atoms with van der Waals surface area (Å²) in [5.74, 6) is -1.30. The van der Waals surface area contributed by atoms with Crippen LogP contribution in [0, 0.1) is 11.6 Å². The lowest BCUT2D eigenvalue weighted by Crippen LogP contribution is -2.19. The largest absolute Gasteiger partial charge is 0.368 e. The van der Waals surface area contributed by atoms with Crippen LogP contribution in [0.4, 0.5) is 14.6 Å². The van der Waals surface area contributed by atoms with E-state index in [0.717, 1.165) is 12.3 Å². The van der Waals surface area contributed by atoms with Gasteiger partial charge in [0.15, 0.2) is 11.6 Å². The van der Waals surface area contributed by atoms with Gasteiger partial charge >= 0.3 is 0 Å². The van der Waals surface area contributed by atoms with Gasteiger partial charge in [0, 0.05) is 18.7 Å². The van der Waals surface area contributed by atoms with Crippen LogP contribution in [0.1, 0.15) is 13.3 Å². The molecule has 0 saturated carbocycles. The van der Waals surface area contributed by atoms with E-state index in [1.165, 1.54) is 0 Å². The van der Waals surface area contributed by atoms with Crippen LogP contribution >= 0.6 is 0 Å². The molecule has 3 nitrogen and oxygen atoms in total. The van der Waals surface area contributed by atoms with Crippen LogP contribution in [-0.2, 0) is 0 Å². The number of anilines is 1. The van der Waals surface area contributed by atoms with E-state index < -0.39 is 11.6 Å². The normalized spacial score (nSPS) is 12.6. The van der Waals surface area contributed by atoms with Gasteiger partial charge in [0.1, 0.15) is 5.82 Å². The highest BCUT2D eigenvalue weighted by Gasteiger charge is 2.04. The Morgan fingerprint density at radius 2 is 2.29 bits per heavy atom. The van der Waals surface area contributed by atoms with Gasteiger partial charge in [0.2, 0.25) is 0 Å². The molecule has 0 aromatic carbocycles. The van der Waals surface area contributed by atoms with E-state index in [-0.39, 0.29) is 11.9 Å². The molecule has 0 radical (unpaired) electrons. The summed E-state index contributed by atoms with van der Waals surface area (Å²) in [5, 5.41) is 2.74. The van der Waals surface area contributed by atoms with Gasteiger partial charge in [-0.25, -0.2) is 13.8 Å². The van der Waals surface area contributed by atoms with E-state index in [0.29, 0.717) is 13.0 Å². The first-order valence-electron chi connectivity index (χ1n) is 4.40. The molecule has 0 aliphatic rings. The zero-order valence-electron chi connectivity index (χ0n) is 7.93. The summed E-state index contributed by atoms with van der Waals surface area (Å²) >= 11 is 0. The lowest BCUT2D eigenvalue weighted by Gasteiger charge is -2.07. The molecule has 1 rings (SSSR count). The fourth-order valence-corrected chi connectivity index (χ4v) is 0.963. The van der Waals surface area contributed by atoms with Crippen molar-refractivity contribution in [1.82, 2.24) is 4.98 Å². The van der Waals surface area contributed by atoms with E-state index >= 15 is 0 Å². The Morgan fingerprint density at radius 1 is 1.57 bits per heavy atom. The lowest BCUT2D eigenvalue weighted by molar-refractivity contribution is 0.574. The predicted octanol–water partition coefficient (Wildman–Crippen LogP) is 1.51. The van der Waals surface area contributed by atoms with Crippen molar-refractivity contribution in [1.29, 1.82) is 0 Å². The molecule has 5 heteroatoms. The Morgan fingerprint density at radius 3 is 2.86 bits per heavy atom. The van der Waals surface area contributed by atoms with Crippen LogP contribution in [0.3, 0.4) is 0 Å². The third-order valence-electron chi connectivity index (χ3n) is 1.70. The zero-order valence-corrected chi connectivity index (χ0v) is 7.93. The van der Waals surface area contributed by atoms with Crippen LogP contribution in [0.25, 0.3) is 0 Å². The monoisotopic (exact) mass is 201 g/mol. The minimum Gasteiger partial charge on any atom is -0.368 e. The van der Waals surface area contributed by atoms with E-state index in [2.05, 4.69) is 10.3 Å². The number of hydrogen-bond donors (Lipinski definition) is 2. The van der Waals surface area contributed by atoms with Crippen LogP contribution in [0.15, 0.2) is 12.3 Å². The van der Waals surface area contributed by atoms with Crippen molar-refractivity contribution < 1.29 is 8.78 Å². The number of aromatic nitrogens is 1. The molecule has 0 aliphatic carbocycles. The Bertz CT molecular complexity index is 302. The summed E-state index contributed by atoms with van der Waals surface area (Å²) in [4.78, 5) is 3.57. The van der Waals surface area contributed by atoms with Gasteiger partial charge in [-0.3, -0.25) is 0 Å². The topological polar surface area (TPSA) is 50.9 Å². The van der Waals surface area contributed by atoms with Crippen molar-refractivity contribution in [2.45, 2.75) is 19.4 Å². The standard InChI is InChI=1S/C9H13F2N3/c1-6(12)2-3-13-9-8(11)4-7(10)5-14-9/h4-6H,2-3,12H2,1H3,(H,13,14). The molecule has 0 spiro atoms. The van der Waals surface area contributed by atoms with E-state index in [1.54, 1.807) is 0 Å². The molecular formula is C9H13F2N3. The van der Waals surface area contributed by atoms with Crippen LogP contribution in [0.2, 0.25) is 0 Å². The highest BCUT2D eigenvalue weighted by Crippen LogP contribution is 2.10. The van der Waals surface area contributed by atoms with Gasteiger partial charge in [-0.05, 0) is 13.3 Å². The van der Waals surface area contributed by atoms with Crippen molar-refractivity contribution in [2.24, 2.45) is 5.73 Å². The molecule has 3 N–H and O–H groups in total. The summed E-state index contributed by atoms with van der Waals surface area (Å²) < 4.78 is 25.4. The number of nitrogens with two attached hydrogens (primary N) is 1. The molecular weight excluding hydrogens is 188 g/mol. The minimum absolute atomic E-state index is 0.0472. The Labute approximate surface area is 81.3 Å². The van der Waals surface area contributed by atoms with Gasteiger partial charge in [-0.2, -0.15) is 0 Å². The number of pyridine rings is 1. The van der Waals surface area contributed by atoms with Crippen molar-refractivity contribution in [3.05, 3.63) is 23.9 Å². The molecule has 78 valence electrons. The first kappa shape index (κ1) is 10.8. The van der Waals surface area contributed by atoms with Crippen LogP contribution < -0.4 is 11.1 Å². The van der Waals surface area contributed by atoms with E-state index in [4.69, 9.17) is 5.73 Å². The first-order valence-corrected chi connectivity index (χ1v) is 4.40. The smallest absolute Gasteiger partial charge is 0.168 e. The van der Waals surface area contributed by atoms with Crippen molar-refractivity contribution in [3.8, 4) is 0 Å². The Hall–Kier alpha value is -1.23. The van der Waals surface area contributed by atoms with Gasteiger partial charge in [0.25, 0.3) is 0 Å². The van der Waals surface area contributed by atoms with Crippen molar-refractivity contribution in [3.63, 3.8) is 0 Å². The first-order chi connectivity index (χ1) is 6.59. The second-order valence-corrected chi connectivity index (χ2v) is 3.18. The molecule has 0 bridgehead atoms. The van der Waals surface area contributed by atoms with E-state index in [1.807, 2.05) is 6.92 Å². The van der Waals surface area contributed by atoms with Crippen LogP contribution in [-0.4, -0.2) is 17.6 Å². The van der Waals surface area contributed by atoms with Crippen molar-refractivity contribution in [2.75, 3.05) is 11.9 Å². The average Bonchev–Trinajstić information content (AvgIpc) is 2.08. The summed E-state index contributed by atoms with van der Waals surface area (Å²) in [7, 11) is 0. The molecule has 1 atom stereocenters. The lowest BCUT2D eigenvalue weighted by atomic mass is 10.2. The third kappa shape index (κ3) is 3.26. The predicted molar refractivity (Wildman–Crippen MR) is 50.9 cm³/mol. The number of halogens is 2. The molecule has 1 aromatic rings. The van der Waals surface area contributed by atoms with Gasteiger partial charge in [0.05, 0.1) is 6.20 Å². The quantitative estimate of drug-likeness (QED) is 0.776. The summed E-state index contributed by atoms with van der Waals surface area (Å²) in [6, 6.07) is 0.840. The van der Waals surface area contributed by atoms with Gasteiger partial charge in [-0.1, -0.05) is 0 Å². The van der Waals surface area contributed by atoms with Crippen LogP contribution in [0.5, 0.6) is 0 Å². The molecule has 1 unspecified atom stereocenters. The maximum Gasteiger partial charge on any atom is 0.168 e. The SMILES string of the molecule is CC(N)CCNc1ncc(F)cc1F. The second kappa shape index (κ2) is 4.85. The maximum absolute atomic E-state index is 13.0. The summed E-state index contributed by atoms with van der Waals surface area (Å²) in [6.07, 6.45) is 1.68. The minimum atomic E-state index is -0.685. The average molecular weight is 201 g/mol. The molecule has 1 aromatic heterocycles. The second-order valence-electron chi connectivity index (χ2n) is 3.18. The molecule has 1 heterocycles. The van der Waals surface area contributed by atoms with Gasteiger partial charge in [-0.15, -0.1) is 0 Å². The summed E-state index contributed by atoms with van der Waals surface area (Å²) in [5.41, 5.74) is 5.50. The van der Waals surface area contributed by atoms with Crippen molar-refractivity contribution >= 4 is 5.82 Å². The molecule has 0 amide bonds. The number of hydrogen-bond acceptors (Lipinski definition) is 3. The molecule has 0 saturated heterocycles. The highest BCUT2D eigenvalue weighted by atomic mass is 19.1. The third-order valence-corrected chi connectivity index (χ3v) is 1.70. The summed E-state index contributed by atoms with van der Waals surface area (Å²) in [6.45, 7) is 2.38. The molecule has 0 aliphatic heterocycles. The highest BCUT2D eigenvalue weighted by molar-refractivity contribution is 5.35. The molecule has 14 heavy (non-hydrogen) atoms. The Kier molecular flexibility index (Phi) is 3.76. The maximum atomic E-state index is 13.0. The molecule has 0 fully saturated rings. The fourth-order valence-electron chi connectivity index (χ4n) is 0.963. The fraction of sp³-hybridized carbons (Fsp3) is 0.444. The Balaban J connectivity index is 2.51. The number of nitrogens with zero attached hydrogens (tertiary/aromatic N) is 1.